The van der Waals surface area contributed by atoms with Crippen molar-refractivity contribution in [2.24, 2.45) is 0 Å². The lowest BCUT2D eigenvalue weighted by Gasteiger charge is -2.40. The molecule has 0 aliphatic carbocycles. The molecule has 78 heavy (non-hydrogen) atoms. The van der Waals surface area contributed by atoms with Crippen molar-refractivity contribution in [3.63, 3.8) is 0 Å². The first-order chi connectivity index (χ1) is 38.7. The van der Waals surface area contributed by atoms with Crippen LogP contribution in [0.3, 0.4) is 0 Å². The lowest BCUT2D eigenvalue weighted by molar-refractivity contribution is 0.488. The summed E-state index contributed by atoms with van der Waals surface area (Å²) in [5.74, 6) is 1.69. The highest BCUT2D eigenvalue weighted by atomic mass is 16.5. The van der Waals surface area contributed by atoms with Gasteiger partial charge in [-0.1, -0.05) is 200 Å². The second-order valence-corrected chi connectivity index (χ2v) is 20.8. The van der Waals surface area contributed by atoms with E-state index in [0.717, 1.165) is 106 Å². The Morgan fingerprint density at radius 2 is 0.744 bits per heavy atom. The van der Waals surface area contributed by atoms with Crippen LogP contribution in [0.1, 0.15) is 0 Å². The van der Waals surface area contributed by atoms with E-state index >= 15 is 0 Å². The number of ether oxygens (including phenoxy) is 1. The zero-order chi connectivity index (χ0) is 51.0. The molecule has 2 aliphatic rings. The maximum Gasteiger partial charge on any atom is 0.256 e. The minimum atomic E-state index is -0.188. The normalized spacial score (nSPS) is 12.7. The van der Waals surface area contributed by atoms with E-state index in [-0.39, 0.29) is 6.71 Å². The van der Waals surface area contributed by atoms with Crippen LogP contribution >= 0.6 is 0 Å². The maximum atomic E-state index is 7.67. The molecule has 0 saturated heterocycles. The van der Waals surface area contributed by atoms with Crippen molar-refractivity contribution in [3.05, 3.63) is 273 Å². The molecule has 0 spiro atoms. The average molecular weight is 993 g/mol. The number of benzene rings is 12. The molecule has 0 fully saturated rings. The van der Waals surface area contributed by atoms with Gasteiger partial charge >= 0.3 is 0 Å². The van der Waals surface area contributed by atoms with Crippen LogP contribution in [0.2, 0.25) is 0 Å². The third-order valence-corrected chi connectivity index (χ3v) is 16.6. The summed E-state index contributed by atoms with van der Waals surface area (Å²) in [5.41, 5.74) is 21.6. The Morgan fingerprint density at radius 3 is 1.29 bits per heavy atom. The molecule has 2 aliphatic heterocycles. The standard InChI is InChI=1S/C72H45BN4O/c1-6-22-46(23-7-1)52-34-20-36-56-57-37-21-35-53(47-24-8-2-9-25-47)72(57)77(71(52)56)51-40-67-70-69(41-51)78-68-45-65-59(55-33-17-19-39-63(55)75(65)49-28-12-4-13-29-49)43-61(68)73(70)60-42-58-54-32-16-18-38-62(54)74(48-26-10-3-11-27-48)64(58)44-66(60)76(67)50-30-14-5-15-31-50/h1-45H. The second kappa shape index (κ2) is 16.6. The summed E-state index contributed by atoms with van der Waals surface area (Å²) in [6.07, 6.45) is 0. The summed E-state index contributed by atoms with van der Waals surface area (Å²) < 4.78 is 15.0. The van der Waals surface area contributed by atoms with E-state index in [1.807, 2.05) is 0 Å². The molecule has 17 rings (SSSR count). The Balaban J connectivity index is 1.03. The van der Waals surface area contributed by atoms with Crippen molar-refractivity contribution in [2.75, 3.05) is 4.90 Å². The molecule has 0 N–H and O–H groups in total. The van der Waals surface area contributed by atoms with E-state index in [9.17, 15) is 0 Å². The molecule has 0 bridgehead atoms. The van der Waals surface area contributed by atoms with Gasteiger partial charge in [0.2, 0.25) is 0 Å². The van der Waals surface area contributed by atoms with Gasteiger partial charge in [-0.3, -0.25) is 0 Å². The second-order valence-electron chi connectivity index (χ2n) is 20.8. The highest BCUT2D eigenvalue weighted by molar-refractivity contribution is 6.99. The summed E-state index contributed by atoms with van der Waals surface area (Å²) in [7, 11) is 0. The molecule has 0 saturated carbocycles. The summed E-state index contributed by atoms with van der Waals surface area (Å²) in [6.45, 7) is -0.188. The average Bonchev–Trinajstić information content (AvgIpc) is 4.31. The van der Waals surface area contributed by atoms with Crippen LogP contribution in [0.15, 0.2) is 273 Å². The Kier molecular flexibility index (Phi) is 9.15. The van der Waals surface area contributed by atoms with Gasteiger partial charge in [-0.05, 0) is 88.2 Å². The van der Waals surface area contributed by atoms with Gasteiger partial charge in [-0.2, -0.15) is 0 Å². The van der Waals surface area contributed by atoms with Crippen molar-refractivity contribution in [1.82, 2.24) is 13.7 Å². The van der Waals surface area contributed by atoms with Gasteiger partial charge in [0.1, 0.15) is 11.5 Å². The predicted molar refractivity (Wildman–Crippen MR) is 326 cm³/mol. The Morgan fingerprint density at radius 1 is 0.282 bits per heavy atom. The molecular weight excluding hydrogens is 948 g/mol. The largest absolute Gasteiger partial charge is 0.458 e. The molecule has 0 unspecified atom stereocenters. The van der Waals surface area contributed by atoms with E-state index in [0.29, 0.717) is 0 Å². The van der Waals surface area contributed by atoms with Gasteiger partial charge in [-0.15, -0.1) is 0 Å². The number of para-hydroxylation sites is 7. The van der Waals surface area contributed by atoms with Crippen molar-refractivity contribution in [3.8, 4) is 50.8 Å². The third-order valence-electron chi connectivity index (χ3n) is 16.6. The molecule has 15 aromatic rings. The third kappa shape index (κ3) is 6.14. The van der Waals surface area contributed by atoms with Crippen LogP contribution in [0, 0.1) is 0 Å². The van der Waals surface area contributed by atoms with E-state index in [2.05, 4.69) is 292 Å². The van der Waals surface area contributed by atoms with E-state index in [4.69, 9.17) is 4.74 Å². The number of aromatic nitrogens is 3. The monoisotopic (exact) mass is 992 g/mol. The zero-order valence-electron chi connectivity index (χ0n) is 42.3. The van der Waals surface area contributed by atoms with Gasteiger partial charge in [-0.25, -0.2) is 0 Å². The molecule has 0 amide bonds. The quantitative estimate of drug-likeness (QED) is 0.155. The summed E-state index contributed by atoms with van der Waals surface area (Å²) in [5, 5.41) is 7.22. The Hall–Kier alpha value is -10.3. The molecule has 5 nitrogen and oxygen atoms in total. The minimum absolute atomic E-state index is 0.188. The minimum Gasteiger partial charge on any atom is -0.458 e. The van der Waals surface area contributed by atoms with Gasteiger partial charge in [0.25, 0.3) is 6.71 Å². The van der Waals surface area contributed by atoms with Gasteiger partial charge < -0.3 is 23.3 Å². The number of hydrogen-bond acceptors (Lipinski definition) is 2. The SMILES string of the molecule is c1ccc(-c2cccc3c4cccc(-c5ccccc5)c4n(-c4cc5c6c(c4)N(c4ccccc4)c4cc7c(cc4B6c4cc6c8ccccc8n(-c8ccccc8)c6cc4O5)c4ccccc4n7-c4ccccc4)c23)cc1. The molecule has 0 atom stereocenters. The van der Waals surface area contributed by atoms with E-state index in [1.54, 1.807) is 0 Å². The lowest BCUT2D eigenvalue weighted by Crippen LogP contribution is -2.59. The van der Waals surface area contributed by atoms with Crippen LogP contribution in [0.5, 0.6) is 11.5 Å². The first kappa shape index (κ1) is 43.0. The van der Waals surface area contributed by atoms with Crippen molar-refractivity contribution in [1.29, 1.82) is 0 Å². The van der Waals surface area contributed by atoms with Crippen LogP contribution in [-0.2, 0) is 0 Å². The first-order valence-corrected chi connectivity index (χ1v) is 26.9. The number of anilines is 3. The van der Waals surface area contributed by atoms with E-state index < -0.39 is 0 Å². The fourth-order valence-electron chi connectivity index (χ4n) is 13.4. The zero-order valence-corrected chi connectivity index (χ0v) is 42.3. The number of nitrogens with zero attached hydrogens (tertiary/aromatic N) is 4. The van der Waals surface area contributed by atoms with Crippen molar-refractivity contribution < 1.29 is 4.74 Å². The topological polar surface area (TPSA) is 27.3 Å². The molecule has 6 heteroatoms. The van der Waals surface area contributed by atoms with Crippen LogP contribution in [-0.4, -0.2) is 20.4 Å². The molecule has 362 valence electrons. The molecule has 0 radical (unpaired) electrons. The number of fused-ring (bicyclic) bond motifs is 13. The predicted octanol–water partition coefficient (Wildman–Crippen LogP) is 16.7. The Labute approximate surface area is 450 Å². The van der Waals surface area contributed by atoms with Crippen molar-refractivity contribution >= 4 is 106 Å². The summed E-state index contributed by atoms with van der Waals surface area (Å²) in [6, 6.07) is 100.0. The van der Waals surface area contributed by atoms with Gasteiger partial charge in [0, 0.05) is 84.0 Å². The molecule has 12 aromatic carbocycles. The number of rotatable bonds is 6. The van der Waals surface area contributed by atoms with Crippen molar-refractivity contribution in [2.45, 2.75) is 0 Å². The first-order valence-electron chi connectivity index (χ1n) is 26.9. The van der Waals surface area contributed by atoms with E-state index in [1.165, 1.54) is 43.3 Å². The fourth-order valence-corrected chi connectivity index (χ4v) is 13.4. The highest BCUT2D eigenvalue weighted by Gasteiger charge is 2.44. The molecule has 5 heterocycles. The maximum absolute atomic E-state index is 7.67. The van der Waals surface area contributed by atoms with Crippen LogP contribution in [0.25, 0.3) is 105 Å². The molecular formula is C72H45BN4O. The highest BCUT2D eigenvalue weighted by Crippen LogP contribution is 2.48. The van der Waals surface area contributed by atoms with Crippen LogP contribution in [0.4, 0.5) is 17.1 Å². The summed E-state index contributed by atoms with van der Waals surface area (Å²) in [4.78, 5) is 2.51. The van der Waals surface area contributed by atoms with Gasteiger partial charge in [0.05, 0.1) is 38.8 Å². The van der Waals surface area contributed by atoms with Crippen LogP contribution < -0.4 is 26.0 Å². The number of hydrogen-bond donors (Lipinski definition) is 0. The smallest absolute Gasteiger partial charge is 0.256 e. The lowest BCUT2D eigenvalue weighted by atomic mass is 9.34. The van der Waals surface area contributed by atoms with Gasteiger partial charge in [0.15, 0.2) is 0 Å². The summed E-state index contributed by atoms with van der Waals surface area (Å²) >= 11 is 0. The Bertz CT molecular complexity index is 4830. The fraction of sp³-hybridized carbons (Fsp3) is 0. The molecule has 3 aromatic heterocycles.